The van der Waals surface area contributed by atoms with Crippen molar-refractivity contribution in [2.75, 3.05) is 19.6 Å². The Hall–Kier alpha value is -7.66. The number of aromatic hydroxyl groups is 1. The molecular weight excluding hydrogens is 1090 g/mol. The molecule has 474 valence electrons. The Morgan fingerprint density at radius 2 is 0.917 bits per heavy atom. The van der Waals surface area contributed by atoms with Gasteiger partial charge in [-0.1, -0.05) is 66.5 Å². The van der Waals surface area contributed by atoms with Gasteiger partial charge in [-0.25, -0.2) is 4.79 Å². The Morgan fingerprint density at radius 3 is 1.37 bits per heavy atom. The number of carboxylic acid groups (broad SMARTS) is 2. The van der Waals surface area contributed by atoms with E-state index in [9.17, 15) is 63.0 Å². The average Bonchev–Trinajstić information content (AvgIpc) is 3.65. The number of amides is 9. The number of phenols is 1. The van der Waals surface area contributed by atoms with E-state index >= 15 is 0 Å². The van der Waals surface area contributed by atoms with Crippen molar-refractivity contribution in [3.8, 4) is 5.75 Å². The van der Waals surface area contributed by atoms with Crippen LogP contribution in [0.1, 0.15) is 143 Å². The Morgan fingerprint density at radius 1 is 0.500 bits per heavy atom. The van der Waals surface area contributed by atoms with E-state index in [4.69, 9.17) is 39.5 Å². The second-order valence-electron chi connectivity index (χ2n) is 21.5. The highest BCUT2D eigenvalue weighted by Gasteiger charge is 2.37. The molecule has 0 saturated carbocycles. The van der Waals surface area contributed by atoms with Crippen LogP contribution in [0.25, 0.3) is 0 Å². The van der Waals surface area contributed by atoms with E-state index in [1.807, 2.05) is 0 Å². The molecule has 0 bridgehead atoms. The smallest absolute Gasteiger partial charge is 0.326 e. The Bertz CT molecular complexity index is 2340. The van der Waals surface area contributed by atoms with Gasteiger partial charge in [-0.15, -0.1) is 0 Å². The van der Waals surface area contributed by atoms with Crippen LogP contribution in [-0.4, -0.2) is 160 Å². The fourth-order valence-corrected chi connectivity index (χ4v) is 8.56. The summed E-state index contributed by atoms with van der Waals surface area (Å²) in [5.41, 5.74) is 34.2. The normalized spacial score (nSPS) is 15.1. The van der Waals surface area contributed by atoms with Crippen molar-refractivity contribution in [2.24, 2.45) is 57.1 Å². The number of nitrogens with one attached hydrogen (secondary N) is 8. The number of aliphatic carboxylic acids is 2. The Labute approximate surface area is 491 Å². The summed E-state index contributed by atoms with van der Waals surface area (Å²) in [5.74, 6) is -11.7. The molecule has 0 aliphatic carbocycles. The summed E-state index contributed by atoms with van der Waals surface area (Å²) in [6.07, 6.45) is 0.814. The van der Waals surface area contributed by atoms with Crippen LogP contribution < -0.4 is 76.9 Å². The van der Waals surface area contributed by atoms with Gasteiger partial charge in [0, 0.05) is 25.8 Å². The van der Waals surface area contributed by atoms with Gasteiger partial charge < -0.3 is 92.3 Å². The van der Waals surface area contributed by atoms with Crippen LogP contribution in [0.3, 0.4) is 0 Å². The fraction of sp³-hybridized carbons (Fsp3) is 0.673. The summed E-state index contributed by atoms with van der Waals surface area (Å²) in [6, 6.07) is -6.52. The third-order valence-electron chi connectivity index (χ3n) is 14.0. The molecule has 23 N–H and O–H groups in total. The minimum Gasteiger partial charge on any atom is -0.508 e. The molecule has 0 radical (unpaired) electrons. The van der Waals surface area contributed by atoms with E-state index in [0.29, 0.717) is 37.7 Å². The van der Waals surface area contributed by atoms with E-state index in [1.165, 1.54) is 24.3 Å². The number of hydrogen-bond donors (Lipinski definition) is 17. The number of carbonyl (C=O) groups is 11. The highest BCUT2D eigenvalue weighted by Crippen LogP contribution is 2.17. The molecule has 1 aromatic carbocycles. The third-order valence-corrected chi connectivity index (χ3v) is 14.0. The van der Waals surface area contributed by atoms with Crippen molar-refractivity contribution in [1.82, 2.24) is 42.5 Å². The molecule has 29 nitrogen and oxygen atoms in total. The lowest BCUT2D eigenvalue weighted by molar-refractivity contribution is -0.142. The first-order valence-electron chi connectivity index (χ1n) is 28.7. The van der Waals surface area contributed by atoms with Gasteiger partial charge in [-0.05, 0) is 119 Å². The maximum atomic E-state index is 14.7. The van der Waals surface area contributed by atoms with Gasteiger partial charge in [-0.2, -0.15) is 0 Å². The number of rotatable bonds is 43. The van der Waals surface area contributed by atoms with Gasteiger partial charge in [-0.3, -0.25) is 52.9 Å². The van der Waals surface area contributed by atoms with Gasteiger partial charge in [0.25, 0.3) is 0 Å². The average molecular weight is 1190 g/mol. The SMILES string of the molecule is CC[C@H](C)[C@H](NC(=O)[C@H](CCC(N)=O)NC(=O)[C@@H](NC(=O)[C@@H](N)CCC(=O)O)[C@@H](C)CC)C(=O)N[C@@H](Cc1ccc(O)cc1)C(=O)N[C@@H](CCCCN)C(=O)N[C@@H](CCCCN)C(=O)N[C@@H](CC(C)C)C(=O)N[C@@H](CCCN=C(N)N)C(=O)O. The highest BCUT2D eigenvalue weighted by molar-refractivity contribution is 5.98. The number of hydrogen-bond acceptors (Lipinski definition) is 16. The molecule has 84 heavy (non-hydrogen) atoms. The first kappa shape index (κ1) is 74.4. The van der Waals surface area contributed by atoms with Crippen LogP contribution in [0.5, 0.6) is 5.75 Å². The molecule has 11 atom stereocenters. The lowest BCUT2D eigenvalue weighted by Crippen LogP contribution is -2.61. The molecule has 0 spiro atoms. The van der Waals surface area contributed by atoms with E-state index in [2.05, 4.69) is 47.5 Å². The lowest BCUT2D eigenvalue weighted by atomic mass is 9.95. The highest BCUT2D eigenvalue weighted by atomic mass is 16.4. The second kappa shape index (κ2) is 39.8. The van der Waals surface area contributed by atoms with E-state index in [1.54, 1.807) is 41.5 Å². The zero-order valence-electron chi connectivity index (χ0n) is 49.4. The van der Waals surface area contributed by atoms with Crippen LogP contribution in [0.2, 0.25) is 0 Å². The number of nitrogens with two attached hydrogens (primary N) is 6. The molecule has 1 aromatic rings. The maximum absolute atomic E-state index is 14.7. The van der Waals surface area contributed by atoms with Crippen LogP contribution >= 0.6 is 0 Å². The standard InChI is InChI=1S/C55H95N15O14/c1-7-31(5)44(69-46(75)35(58)21-24-43(73)74)52(81)65-38(22-23-42(59)72)49(78)70-45(32(6)8-2)53(82)68-41(29-33-17-19-34(71)20-18-33)51(80)64-36(14-9-11-25-56)47(76)63-37(15-10-12-26-57)48(77)67-40(28-30(3)4)50(79)66-39(54(83)84)16-13-27-62-55(60)61/h17-20,30-32,35-41,44-45,71H,7-16,21-29,56-58H2,1-6H3,(H2,59,72)(H,63,76)(H,64,80)(H,65,81)(H,66,79)(H,67,77)(H,68,82)(H,69,75)(H,70,78)(H,73,74)(H,83,84)(H4,60,61,62)/t31-,32-,35-,36-,37-,38-,39-,40-,41-,44-,45-/m0/s1. The maximum Gasteiger partial charge on any atom is 0.326 e. The largest absolute Gasteiger partial charge is 0.508 e. The number of guanidine groups is 1. The number of nitrogens with zero attached hydrogens (tertiary/aromatic N) is 1. The molecule has 9 amide bonds. The first-order valence-corrected chi connectivity index (χ1v) is 28.7. The molecule has 0 aliphatic heterocycles. The molecule has 0 aliphatic rings. The molecular formula is C55H95N15O14. The van der Waals surface area contributed by atoms with Gasteiger partial charge in [0.2, 0.25) is 53.2 Å². The first-order chi connectivity index (χ1) is 39.6. The quantitative estimate of drug-likeness (QED) is 0.0188. The zero-order chi connectivity index (χ0) is 63.6. The van der Waals surface area contributed by atoms with Gasteiger partial charge >= 0.3 is 11.9 Å². The number of primary amides is 1. The lowest BCUT2D eigenvalue weighted by Gasteiger charge is -2.30. The number of unbranched alkanes of at least 4 members (excludes halogenated alkanes) is 2. The van der Waals surface area contributed by atoms with Crippen molar-refractivity contribution in [3.63, 3.8) is 0 Å². The summed E-state index contributed by atoms with van der Waals surface area (Å²) in [5, 5.41) is 50.1. The Balaban J connectivity index is 3.71. The Kier molecular flexibility index (Phi) is 35.2. The molecule has 0 fully saturated rings. The zero-order valence-corrected chi connectivity index (χ0v) is 49.4. The van der Waals surface area contributed by atoms with Crippen LogP contribution in [0.15, 0.2) is 29.3 Å². The summed E-state index contributed by atoms with van der Waals surface area (Å²) in [6.45, 7) is 10.9. The summed E-state index contributed by atoms with van der Waals surface area (Å²) in [4.78, 5) is 152. The fourth-order valence-electron chi connectivity index (χ4n) is 8.56. The van der Waals surface area contributed by atoms with E-state index in [-0.39, 0.29) is 95.0 Å². The van der Waals surface area contributed by atoms with Crippen molar-refractivity contribution < 1.29 is 68.1 Å². The number of aliphatic imine (C=N–C) groups is 1. The number of benzene rings is 1. The summed E-state index contributed by atoms with van der Waals surface area (Å²) in [7, 11) is 0. The van der Waals surface area contributed by atoms with Crippen molar-refractivity contribution in [2.45, 2.75) is 199 Å². The van der Waals surface area contributed by atoms with Gasteiger partial charge in [0.05, 0.1) is 6.04 Å². The number of carbonyl (C=O) groups excluding carboxylic acids is 9. The van der Waals surface area contributed by atoms with Crippen molar-refractivity contribution in [3.05, 3.63) is 29.8 Å². The minimum atomic E-state index is -1.51. The van der Waals surface area contributed by atoms with Crippen molar-refractivity contribution >= 4 is 71.1 Å². The van der Waals surface area contributed by atoms with E-state index < -0.39 is 144 Å². The third kappa shape index (κ3) is 29.0. The van der Waals surface area contributed by atoms with Crippen LogP contribution in [0, 0.1) is 17.8 Å². The summed E-state index contributed by atoms with van der Waals surface area (Å²) < 4.78 is 0. The van der Waals surface area contributed by atoms with Gasteiger partial charge in [0.1, 0.15) is 54.1 Å². The summed E-state index contributed by atoms with van der Waals surface area (Å²) >= 11 is 0. The minimum absolute atomic E-state index is 0.00695. The molecule has 0 saturated heterocycles. The molecule has 1 rings (SSSR count). The molecule has 0 unspecified atom stereocenters. The van der Waals surface area contributed by atoms with Crippen molar-refractivity contribution in [1.29, 1.82) is 0 Å². The topological polar surface area (TPSA) is 513 Å². The number of carboxylic acids is 2. The molecule has 0 heterocycles. The van der Waals surface area contributed by atoms with Crippen LogP contribution in [-0.2, 0) is 59.2 Å². The van der Waals surface area contributed by atoms with Crippen LogP contribution in [0.4, 0.5) is 0 Å². The number of phenolic OH excluding ortho intramolecular Hbond substituents is 1. The molecule has 0 aromatic heterocycles. The molecule has 29 heteroatoms. The predicted octanol–water partition coefficient (Wildman–Crippen LogP) is -2.19. The predicted molar refractivity (Wildman–Crippen MR) is 312 cm³/mol. The van der Waals surface area contributed by atoms with Gasteiger partial charge in [0.15, 0.2) is 5.96 Å². The second-order valence-corrected chi connectivity index (χ2v) is 21.5. The monoisotopic (exact) mass is 1190 g/mol. The van der Waals surface area contributed by atoms with E-state index in [0.717, 1.165) is 0 Å².